The Morgan fingerprint density at radius 3 is 2.62 bits per heavy atom. The fourth-order valence-corrected chi connectivity index (χ4v) is 1.55. The molecule has 72 valence electrons. The predicted octanol–water partition coefficient (Wildman–Crippen LogP) is 1.30. The smallest absolute Gasteiger partial charge is 0.234 e. The van der Waals surface area contributed by atoms with Crippen LogP contribution in [0.5, 0.6) is 0 Å². The number of rotatable bonds is 2. The van der Waals surface area contributed by atoms with Crippen molar-refractivity contribution in [1.82, 2.24) is 5.32 Å². The summed E-state index contributed by atoms with van der Waals surface area (Å²) in [6.07, 6.45) is 1.63. The monoisotopic (exact) mass is 184 g/mol. The first kappa shape index (κ1) is 9.97. The lowest BCUT2D eigenvalue weighted by atomic mass is 9.94. The van der Waals surface area contributed by atoms with Crippen molar-refractivity contribution >= 4 is 5.91 Å². The molecule has 1 N–H and O–H groups in total. The summed E-state index contributed by atoms with van der Waals surface area (Å²) in [5, 5.41) is 10.9. The predicted molar refractivity (Wildman–Crippen MR) is 45.5 cm³/mol. The lowest BCUT2D eigenvalue weighted by molar-refractivity contribution is -0.121. The highest BCUT2D eigenvalue weighted by Crippen LogP contribution is 2.20. The van der Waals surface area contributed by atoms with Gasteiger partial charge in [0.05, 0.1) is 6.07 Å². The number of alkyl halides is 1. The highest BCUT2D eigenvalue weighted by Gasteiger charge is 2.21. The first-order chi connectivity index (χ1) is 6.22. The van der Waals surface area contributed by atoms with Gasteiger partial charge in [0.25, 0.3) is 0 Å². The number of hydrogen-bond acceptors (Lipinski definition) is 2. The van der Waals surface area contributed by atoms with Gasteiger partial charge in [0.1, 0.15) is 12.6 Å². The van der Waals surface area contributed by atoms with Crippen LogP contribution in [0.3, 0.4) is 0 Å². The van der Waals surface area contributed by atoms with Crippen LogP contribution in [-0.4, -0.2) is 18.1 Å². The third kappa shape index (κ3) is 3.41. The Hall–Kier alpha value is -1.11. The number of nitrogens with zero attached hydrogens (tertiary/aromatic N) is 1. The summed E-state index contributed by atoms with van der Waals surface area (Å²) in [6.45, 7) is 0. The SMILES string of the molecule is N#CCC(=O)NC1CCC(F)CC1. The van der Waals surface area contributed by atoms with Crippen LogP contribution >= 0.6 is 0 Å². The normalized spacial score (nSPS) is 27.7. The molecule has 0 saturated heterocycles. The molecule has 0 aromatic rings. The topological polar surface area (TPSA) is 52.9 Å². The van der Waals surface area contributed by atoms with Crippen molar-refractivity contribution in [3.05, 3.63) is 0 Å². The molecule has 0 atom stereocenters. The van der Waals surface area contributed by atoms with Crippen LogP contribution in [0, 0.1) is 11.3 Å². The van der Waals surface area contributed by atoms with Gasteiger partial charge in [0, 0.05) is 6.04 Å². The number of hydrogen-bond donors (Lipinski definition) is 1. The third-order valence-electron chi connectivity index (χ3n) is 2.26. The van der Waals surface area contributed by atoms with E-state index in [2.05, 4.69) is 5.32 Å². The molecular formula is C9H13FN2O. The molecule has 13 heavy (non-hydrogen) atoms. The Balaban J connectivity index is 2.23. The summed E-state index contributed by atoms with van der Waals surface area (Å²) in [7, 11) is 0. The van der Waals surface area contributed by atoms with E-state index in [0.717, 1.165) is 0 Å². The van der Waals surface area contributed by atoms with Crippen molar-refractivity contribution in [1.29, 1.82) is 5.26 Å². The Bertz CT molecular complexity index is 216. The van der Waals surface area contributed by atoms with Crippen LogP contribution in [-0.2, 0) is 4.79 Å². The molecule has 1 fully saturated rings. The maximum atomic E-state index is 12.7. The number of carbonyl (C=O) groups excluding carboxylic acids is 1. The zero-order chi connectivity index (χ0) is 9.68. The molecular weight excluding hydrogens is 171 g/mol. The van der Waals surface area contributed by atoms with E-state index in [1.54, 1.807) is 6.07 Å². The highest BCUT2D eigenvalue weighted by molar-refractivity contribution is 5.78. The third-order valence-corrected chi connectivity index (χ3v) is 2.26. The average molecular weight is 184 g/mol. The zero-order valence-electron chi connectivity index (χ0n) is 7.42. The number of nitrogens with one attached hydrogen (secondary N) is 1. The number of nitriles is 1. The highest BCUT2D eigenvalue weighted by atomic mass is 19.1. The fourth-order valence-electron chi connectivity index (χ4n) is 1.55. The minimum Gasteiger partial charge on any atom is -0.352 e. The van der Waals surface area contributed by atoms with Crippen molar-refractivity contribution in [3.63, 3.8) is 0 Å². The van der Waals surface area contributed by atoms with Gasteiger partial charge in [-0.05, 0) is 25.7 Å². The molecule has 0 heterocycles. The summed E-state index contributed by atoms with van der Waals surface area (Å²) >= 11 is 0. The molecule has 1 amide bonds. The molecule has 0 bridgehead atoms. The second kappa shape index (κ2) is 4.80. The molecule has 0 unspecified atom stereocenters. The number of halogens is 1. The van der Waals surface area contributed by atoms with Gasteiger partial charge in [-0.25, -0.2) is 4.39 Å². The second-order valence-electron chi connectivity index (χ2n) is 3.35. The van der Waals surface area contributed by atoms with Crippen molar-refractivity contribution in [2.24, 2.45) is 0 Å². The molecule has 0 aromatic heterocycles. The van der Waals surface area contributed by atoms with E-state index in [9.17, 15) is 9.18 Å². The van der Waals surface area contributed by atoms with Crippen molar-refractivity contribution < 1.29 is 9.18 Å². The quantitative estimate of drug-likeness (QED) is 0.703. The minimum atomic E-state index is -0.705. The van der Waals surface area contributed by atoms with Gasteiger partial charge in [-0.2, -0.15) is 5.26 Å². The Labute approximate surface area is 76.9 Å². The van der Waals surface area contributed by atoms with E-state index in [0.29, 0.717) is 25.7 Å². The van der Waals surface area contributed by atoms with Crippen LogP contribution in [0.4, 0.5) is 4.39 Å². The van der Waals surface area contributed by atoms with Crippen molar-refractivity contribution in [2.45, 2.75) is 44.3 Å². The van der Waals surface area contributed by atoms with Gasteiger partial charge in [-0.15, -0.1) is 0 Å². The van der Waals surface area contributed by atoms with Gasteiger partial charge in [-0.1, -0.05) is 0 Å². The van der Waals surface area contributed by atoms with Gasteiger partial charge >= 0.3 is 0 Å². The summed E-state index contributed by atoms with van der Waals surface area (Å²) in [4.78, 5) is 11.0. The van der Waals surface area contributed by atoms with E-state index < -0.39 is 6.17 Å². The molecule has 1 aliphatic rings. The second-order valence-corrected chi connectivity index (χ2v) is 3.35. The molecule has 3 nitrogen and oxygen atoms in total. The minimum absolute atomic E-state index is 0.0767. The molecule has 0 aliphatic heterocycles. The molecule has 0 aromatic carbocycles. The van der Waals surface area contributed by atoms with Gasteiger partial charge < -0.3 is 5.32 Å². The van der Waals surface area contributed by atoms with E-state index >= 15 is 0 Å². The maximum Gasteiger partial charge on any atom is 0.234 e. The van der Waals surface area contributed by atoms with Crippen molar-refractivity contribution in [2.75, 3.05) is 0 Å². The van der Waals surface area contributed by atoms with Crippen LogP contribution in [0.25, 0.3) is 0 Å². The van der Waals surface area contributed by atoms with Crippen LogP contribution in [0.2, 0.25) is 0 Å². The summed E-state index contributed by atoms with van der Waals surface area (Å²) in [6, 6.07) is 1.86. The molecule has 1 saturated carbocycles. The number of carbonyl (C=O) groups is 1. The van der Waals surface area contributed by atoms with E-state index in [1.165, 1.54) is 0 Å². The Kier molecular flexibility index (Phi) is 3.69. The van der Waals surface area contributed by atoms with Gasteiger partial charge in [0.15, 0.2) is 0 Å². The van der Waals surface area contributed by atoms with Crippen molar-refractivity contribution in [3.8, 4) is 6.07 Å². The van der Waals surface area contributed by atoms with Gasteiger partial charge in [0.2, 0.25) is 5.91 Å². The molecule has 1 aliphatic carbocycles. The lowest BCUT2D eigenvalue weighted by Gasteiger charge is -2.24. The molecule has 0 radical (unpaired) electrons. The van der Waals surface area contributed by atoms with E-state index in [-0.39, 0.29) is 18.4 Å². The van der Waals surface area contributed by atoms with Crippen LogP contribution in [0.15, 0.2) is 0 Å². The maximum absolute atomic E-state index is 12.7. The molecule has 0 spiro atoms. The number of amides is 1. The average Bonchev–Trinajstić information content (AvgIpc) is 2.09. The summed E-state index contributed by atoms with van der Waals surface area (Å²) in [5.74, 6) is -0.246. The van der Waals surface area contributed by atoms with Crippen LogP contribution < -0.4 is 5.32 Å². The molecule has 1 rings (SSSR count). The summed E-state index contributed by atoms with van der Waals surface area (Å²) in [5.41, 5.74) is 0. The lowest BCUT2D eigenvalue weighted by Crippen LogP contribution is -2.37. The Morgan fingerprint density at radius 1 is 1.46 bits per heavy atom. The fraction of sp³-hybridized carbons (Fsp3) is 0.778. The first-order valence-corrected chi connectivity index (χ1v) is 4.52. The Morgan fingerprint density at radius 2 is 2.08 bits per heavy atom. The first-order valence-electron chi connectivity index (χ1n) is 4.52. The van der Waals surface area contributed by atoms with E-state index in [4.69, 9.17) is 5.26 Å². The largest absolute Gasteiger partial charge is 0.352 e. The van der Waals surface area contributed by atoms with E-state index in [1.807, 2.05) is 0 Å². The molecule has 4 heteroatoms. The standard InChI is InChI=1S/C9H13FN2O/c10-7-1-3-8(4-2-7)12-9(13)5-6-11/h7-8H,1-5H2,(H,12,13). The summed E-state index contributed by atoms with van der Waals surface area (Å²) < 4.78 is 12.7. The zero-order valence-corrected chi connectivity index (χ0v) is 7.42. The van der Waals surface area contributed by atoms with Crippen LogP contribution in [0.1, 0.15) is 32.1 Å². The van der Waals surface area contributed by atoms with Gasteiger partial charge in [-0.3, -0.25) is 4.79 Å².